The zero-order valence-electron chi connectivity index (χ0n) is 22.9. The predicted octanol–water partition coefficient (Wildman–Crippen LogP) is 6.33. The molecule has 218 valence electrons. The number of nitrogens with one attached hydrogen (secondary N) is 2. The Hall–Kier alpha value is -3.24. The summed E-state index contributed by atoms with van der Waals surface area (Å²) < 4.78 is 36.5. The first-order chi connectivity index (χ1) is 19.2. The van der Waals surface area contributed by atoms with Crippen LogP contribution < -0.4 is 21.1 Å². The second-order valence-electron chi connectivity index (χ2n) is 11.3. The largest absolute Gasteiger partial charge is 0.496 e. The average molecular weight is 606 g/mol. The summed E-state index contributed by atoms with van der Waals surface area (Å²) in [6.07, 6.45) is 0.398. The number of halogens is 4. The first-order valence-electron chi connectivity index (χ1n) is 12.8. The van der Waals surface area contributed by atoms with E-state index >= 15 is 8.78 Å². The molecule has 1 saturated heterocycles. The molecule has 1 aliphatic heterocycles. The van der Waals surface area contributed by atoms with Gasteiger partial charge in [0.05, 0.1) is 23.7 Å². The number of carboxylic acids is 1. The van der Waals surface area contributed by atoms with E-state index in [1.165, 1.54) is 49.6 Å². The molecule has 4 atom stereocenters. The fourth-order valence-corrected chi connectivity index (χ4v) is 5.91. The molecule has 41 heavy (non-hydrogen) atoms. The van der Waals surface area contributed by atoms with Gasteiger partial charge in [0.15, 0.2) is 0 Å². The number of hydrogen-bond donors (Lipinski definition) is 4. The van der Waals surface area contributed by atoms with Crippen molar-refractivity contribution in [2.75, 3.05) is 12.4 Å². The number of anilines is 1. The van der Waals surface area contributed by atoms with Crippen LogP contribution in [0.3, 0.4) is 0 Å². The van der Waals surface area contributed by atoms with Crippen molar-refractivity contribution >= 4 is 40.8 Å². The Kier molecular flexibility index (Phi) is 8.66. The van der Waals surface area contributed by atoms with Crippen molar-refractivity contribution in [3.63, 3.8) is 0 Å². The Morgan fingerprint density at radius 2 is 1.83 bits per heavy atom. The highest BCUT2D eigenvalue weighted by Crippen LogP contribution is 2.50. The van der Waals surface area contributed by atoms with Gasteiger partial charge in [0.2, 0.25) is 5.91 Å². The van der Waals surface area contributed by atoms with Crippen LogP contribution in [-0.4, -0.2) is 36.2 Å². The zero-order chi connectivity index (χ0) is 30.3. The highest BCUT2D eigenvalue weighted by atomic mass is 35.5. The number of nitrogens with two attached hydrogens (primary N) is 1. The van der Waals surface area contributed by atoms with Crippen molar-refractivity contribution in [3.8, 4) is 5.75 Å². The third-order valence-electron chi connectivity index (χ3n) is 7.32. The van der Waals surface area contributed by atoms with Crippen LogP contribution in [0, 0.1) is 17.0 Å². The number of amides is 1. The van der Waals surface area contributed by atoms with Gasteiger partial charge in [0.1, 0.15) is 22.9 Å². The molecule has 3 aromatic rings. The summed E-state index contributed by atoms with van der Waals surface area (Å²) in [6.45, 7) is 5.93. The molecule has 1 fully saturated rings. The van der Waals surface area contributed by atoms with E-state index in [2.05, 4.69) is 10.6 Å². The monoisotopic (exact) mass is 605 g/mol. The average Bonchev–Trinajstić information content (AvgIpc) is 3.16. The van der Waals surface area contributed by atoms with Gasteiger partial charge in [-0.2, -0.15) is 0 Å². The normalized spacial score (nSPS) is 22.4. The van der Waals surface area contributed by atoms with Crippen LogP contribution in [0.5, 0.6) is 5.75 Å². The van der Waals surface area contributed by atoms with Crippen LogP contribution in [0.15, 0.2) is 54.6 Å². The summed E-state index contributed by atoms with van der Waals surface area (Å²) in [5, 5.41) is 15.4. The second-order valence-corrected chi connectivity index (χ2v) is 12.2. The van der Waals surface area contributed by atoms with E-state index in [0.29, 0.717) is 6.42 Å². The zero-order valence-corrected chi connectivity index (χ0v) is 24.4. The number of aromatic carboxylic acids is 1. The van der Waals surface area contributed by atoms with Gasteiger partial charge in [-0.1, -0.05) is 62.2 Å². The molecule has 1 heterocycles. The summed E-state index contributed by atoms with van der Waals surface area (Å²) in [5.41, 5.74) is 5.48. The summed E-state index contributed by atoms with van der Waals surface area (Å²) in [7, 11) is 1.31. The van der Waals surface area contributed by atoms with Gasteiger partial charge < -0.3 is 26.2 Å². The molecular formula is C30H31Cl2F2N3O4. The number of carbonyl (C=O) groups excluding carboxylic acids is 1. The molecule has 0 unspecified atom stereocenters. The van der Waals surface area contributed by atoms with E-state index < -0.39 is 47.1 Å². The fourth-order valence-electron chi connectivity index (χ4n) is 5.57. The molecular weight excluding hydrogens is 575 g/mol. The van der Waals surface area contributed by atoms with Gasteiger partial charge in [0.25, 0.3) is 0 Å². The maximum absolute atomic E-state index is 15.7. The van der Waals surface area contributed by atoms with Crippen LogP contribution in [0.1, 0.15) is 54.6 Å². The van der Waals surface area contributed by atoms with Gasteiger partial charge in [0, 0.05) is 34.3 Å². The summed E-state index contributed by atoms with van der Waals surface area (Å²) >= 11 is 12.2. The molecule has 1 aliphatic rings. The van der Waals surface area contributed by atoms with Crippen molar-refractivity contribution in [2.45, 2.75) is 50.7 Å². The third kappa shape index (κ3) is 6.04. The summed E-state index contributed by atoms with van der Waals surface area (Å²) in [5.74, 6) is -4.34. The fraction of sp³-hybridized carbons (Fsp3) is 0.333. The number of rotatable bonds is 7. The lowest BCUT2D eigenvalue weighted by atomic mass is 9.68. The van der Waals surface area contributed by atoms with Gasteiger partial charge in [-0.3, -0.25) is 4.79 Å². The SMILES string of the molecule is COc1cc(NC(=O)[C@@H]2N[C@@H](CC(C)(C)C)[C@](N)(c3ccc(Cl)cc3F)[C@H]2c2cccc(Cl)c2F)ccc1C(=O)O. The lowest BCUT2D eigenvalue weighted by Crippen LogP contribution is -2.52. The van der Waals surface area contributed by atoms with E-state index in [4.69, 9.17) is 33.7 Å². The molecule has 3 aromatic carbocycles. The number of ether oxygens (including phenoxy) is 1. The van der Waals surface area contributed by atoms with Crippen LogP contribution in [0.4, 0.5) is 14.5 Å². The van der Waals surface area contributed by atoms with Crippen molar-refractivity contribution in [3.05, 3.63) is 93.0 Å². The van der Waals surface area contributed by atoms with E-state index in [9.17, 15) is 14.7 Å². The minimum absolute atomic E-state index is 0.0362. The Morgan fingerprint density at radius 3 is 2.44 bits per heavy atom. The lowest BCUT2D eigenvalue weighted by Gasteiger charge is -2.40. The first kappa shape index (κ1) is 30.7. The molecule has 0 radical (unpaired) electrons. The number of carboxylic acid groups (broad SMARTS) is 1. The molecule has 0 aliphatic carbocycles. The smallest absolute Gasteiger partial charge is 0.339 e. The van der Waals surface area contributed by atoms with Crippen LogP contribution in [0.2, 0.25) is 10.0 Å². The second kappa shape index (κ2) is 11.6. The van der Waals surface area contributed by atoms with E-state index in [-0.39, 0.29) is 43.6 Å². The highest BCUT2D eigenvalue weighted by Gasteiger charge is 2.58. The standard InChI is InChI=1S/C30H31Cl2F2N3O4/c1-29(2,3)14-23-30(35,19-11-8-15(31)12-21(19)33)24(18-6-5-7-20(32)25(18)34)26(37-23)27(38)36-16-9-10-17(28(39)40)22(13-16)41-4/h5-13,23-24,26,37H,14,35H2,1-4H3,(H,36,38)(H,39,40)/t23-,24-,26+,30+/m0/s1. The summed E-state index contributed by atoms with van der Waals surface area (Å²) in [6, 6.07) is 10.7. The molecule has 1 amide bonds. The predicted molar refractivity (Wildman–Crippen MR) is 155 cm³/mol. The van der Waals surface area contributed by atoms with E-state index in [0.717, 1.165) is 6.07 Å². The van der Waals surface area contributed by atoms with Gasteiger partial charge >= 0.3 is 5.97 Å². The maximum Gasteiger partial charge on any atom is 0.339 e. The highest BCUT2D eigenvalue weighted by molar-refractivity contribution is 6.31. The molecule has 11 heteroatoms. The molecule has 0 aromatic heterocycles. The van der Waals surface area contributed by atoms with Crippen molar-refractivity contribution in [1.82, 2.24) is 5.32 Å². The quantitative estimate of drug-likeness (QED) is 0.250. The molecule has 5 N–H and O–H groups in total. The van der Waals surface area contributed by atoms with Crippen molar-refractivity contribution in [2.24, 2.45) is 11.1 Å². The molecule has 0 saturated carbocycles. The minimum Gasteiger partial charge on any atom is -0.496 e. The molecule has 0 spiro atoms. The van der Waals surface area contributed by atoms with Gasteiger partial charge in [-0.15, -0.1) is 0 Å². The number of carbonyl (C=O) groups is 2. The van der Waals surface area contributed by atoms with Crippen molar-refractivity contribution in [1.29, 1.82) is 0 Å². The number of benzene rings is 3. The Labute approximate surface area is 247 Å². The maximum atomic E-state index is 15.7. The Morgan fingerprint density at radius 1 is 1.12 bits per heavy atom. The van der Waals surface area contributed by atoms with E-state index in [1.807, 2.05) is 20.8 Å². The van der Waals surface area contributed by atoms with Crippen LogP contribution >= 0.6 is 23.2 Å². The number of hydrogen-bond acceptors (Lipinski definition) is 5. The van der Waals surface area contributed by atoms with Crippen molar-refractivity contribution < 1.29 is 28.2 Å². The van der Waals surface area contributed by atoms with Crippen LogP contribution in [0.25, 0.3) is 0 Å². The topological polar surface area (TPSA) is 114 Å². The number of methoxy groups -OCH3 is 1. The van der Waals surface area contributed by atoms with Gasteiger partial charge in [-0.25, -0.2) is 13.6 Å². The van der Waals surface area contributed by atoms with E-state index in [1.54, 1.807) is 6.07 Å². The van der Waals surface area contributed by atoms with Crippen LogP contribution in [-0.2, 0) is 10.3 Å². The summed E-state index contributed by atoms with van der Waals surface area (Å²) in [4.78, 5) is 25.4. The lowest BCUT2D eigenvalue weighted by molar-refractivity contribution is -0.118. The minimum atomic E-state index is -1.62. The third-order valence-corrected chi connectivity index (χ3v) is 7.84. The molecule has 4 rings (SSSR count). The molecule has 7 nitrogen and oxygen atoms in total. The first-order valence-corrected chi connectivity index (χ1v) is 13.6. The Balaban J connectivity index is 1.88. The van der Waals surface area contributed by atoms with Gasteiger partial charge in [-0.05, 0) is 47.7 Å². The Bertz CT molecular complexity index is 1500. The molecule has 0 bridgehead atoms.